The molecule has 4 aliphatic rings. The molecule has 3 aromatic carbocycles. The number of likely N-dealkylation sites (tertiary alicyclic amines) is 1. The maximum atomic E-state index is 17.0. The van der Waals surface area contributed by atoms with Gasteiger partial charge >= 0.3 is 18.1 Å². The molecule has 1 aromatic heterocycles. The number of hydrogen-bond acceptors (Lipinski definition) is 7. The summed E-state index contributed by atoms with van der Waals surface area (Å²) in [6.07, 6.45) is 2.75. The van der Waals surface area contributed by atoms with E-state index in [2.05, 4.69) is 15.8 Å². The van der Waals surface area contributed by atoms with Crippen molar-refractivity contribution in [2.45, 2.75) is 62.1 Å². The molecule has 8 nitrogen and oxygen atoms in total. The van der Waals surface area contributed by atoms with E-state index < -0.39 is 41.7 Å². The first-order valence-electron chi connectivity index (χ1n) is 16.3. The molecule has 1 N–H and O–H groups in total. The summed E-state index contributed by atoms with van der Waals surface area (Å²) in [6.45, 7) is 0.803. The number of carbonyl (C=O) groups is 1. The van der Waals surface area contributed by atoms with Crippen LogP contribution in [0.1, 0.15) is 37.7 Å². The molecule has 0 spiro atoms. The van der Waals surface area contributed by atoms with Crippen LogP contribution in [-0.2, 0) is 4.79 Å². The monoisotopic (exact) mass is 677 g/mol. The fraction of sp³-hybridized carbons (Fsp3) is 0.417. The van der Waals surface area contributed by atoms with Gasteiger partial charge in [-0.2, -0.15) is 23.1 Å². The van der Waals surface area contributed by atoms with Crippen molar-refractivity contribution in [3.63, 3.8) is 0 Å². The van der Waals surface area contributed by atoms with Crippen LogP contribution in [0.15, 0.2) is 42.5 Å². The highest BCUT2D eigenvalue weighted by Crippen LogP contribution is 2.44. The number of fused-ring (bicyclic) bond motifs is 5. The fourth-order valence-corrected chi connectivity index (χ4v) is 8.58. The van der Waals surface area contributed by atoms with E-state index in [1.807, 2.05) is 4.90 Å². The van der Waals surface area contributed by atoms with Crippen molar-refractivity contribution in [2.75, 3.05) is 37.7 Å². The second kappa shape index (κ2) is 11.4. The highest BCUT2D eigenvalue weighted by atomic mass is 19.4. The van der Waals surface area contributed by atoms with E-state index in [9.17, 15) is 27.5 Å². The van der Waals surface area contributed by atoms with Gasteiger partial charge in [0, 0.05) is 60.0 Å². The van der Waals surface area contributed by atoms with E-state index in [1.165, 1.54) is 6.07 Å². The standard InChI is InChI=1S/C36H32F5N5O3/c1-2-20-5-3-6-21-13-25(47)14-28(29(20)21)26-9-10-27-31(30(26)38)42-34(49-19-35-11-4-12-45(35)16-22(37)15-35)43-32(27)46-23-7-8-24(46)18-44(17-23)33(48)36(39,40)41/h1,3,5-6,9-10,13-14,22-24,47H,4,7-8,11-12,15-19H2/t22-,23?,24?,35+/m1/s1. The Morgan fingerprint density at radius 3 is 2.59 bits per heavy atom. The van der Waals surface area contributed by atoms with E-state index in [4.69, 9.17) is 16.1 Å². The number of alkyl halides is 4. The van der Waals surface area contributed by atoms with Crippen LogP contribution in [0.25, 0.3) is 32.8 Å². The fourth-order valence-electron chi connectivity index (χ4n) is 8.58. The number of phenolic OH excluding ortho intramolecular Hbond substituents is 1. The minimum absolute atomic E-state index is 0.0864. The molecule has 4 fully saturated rings. The number of hydrogen-bond donors (Lipinski definition) is 1. The third-order valence-electron chi connectivity index (χ3n) is 10.7. The van der Waals surface area contributed by atoms with Crippen LogP contribution in [-0.4, -0.2) is 93.5 Å². The van der Waals surface area contributed by atoms with Gasteiger partial charge in [0.1, 0.15) is 29.9 Å². The van der Waals surface area contributed by atoms with Crippen LogP contribution in [0.3, 0.4) is 0 Å². The summed E-state index contributed by atoms with van der Waals surface area (Å²) < 4.78 is 77.8. The molecule has 0 saturated carbocycles. The van der Waals surface area contributed by atoms with E-state index in [0.29, 0.717) is 53.1 Å². The van der Waals surface area contributed by atoms with Crippen LogP contribution < -0.4 is 9.64 Å². The molecule has 5 heterocycles. The number of ether oxygens (including phenoxy) is 1. The Kier molecular flexibility index (Phi) is 7.37. The van der Waals surface area contributed by atoms with E-state index in [-0.39, 0.29) is 48.4 Å². The first-order valence-corrected chi connectivity index (χ1v) is 16.3. The van der Waals surface area contributed by atoms with Crippen molar-refractivity contribution in [1.82, 2.24) is 19.8 Å². The number of piperazine rings is 1. The summed E-state index contributed by atoms with van der Waals surface area (Å²) in [6, 6.07) is 10.3. The average Bonchev–Trinajstić information content (AvgIpc) is 3.68. The lowest BCUT2D eigenvalue weighted by Gasteiger charge is -2.42. The van der Waals surface area contributed by atoms with Gasteiger partial charge in [-0.3, -0.25) is 9.69 Å². The van der Waals surface area contributed by atoms with Crippen LogP contribution in [0.5, 0.6) is 11.8 Å². The number of terminal acetylenes is 1. The van der Waals surface area contributed by atoms with Gasteiger partial charge in [0.2, 0.25) is 0 Å². The first-order chi connectivity index (χ1) is 23.5. The third kappa shape index (κ3) is 5.19. The topological polar surface area (TPSA) is 82.0 Å². The van der Waals surface area contributed by atoms with Gasteiger partial charge < -0.3 is 19.6 Å². The van der Waals surface area contributed by atoms with Crippen LogP contribution in [0.2, 0.25) is 0 Å². The molecule has 2 unspecified atom stereocenters. The highest BCUT2D eigenvalue weighted by molar-refractivity contribution is 6.04. The summed E-state index contributed by atoms with van der Waals surface area (Å²) in [7, 11) is 0. The lowest BCUT2D eigenvalue weighted by Crippen LogP contribution is -2.58. The zero-order valence-corrected chi connectivity index (χ0v) is 26.3. The number of amides is 1. The van der Waals surface area contributed by atoms with Gasteiger partial charge in [0.25, 0.3) is 0 Å². The van der Waals surface area contributed by atoms with E-state index >= 15 is 4.39 Å². The Hall–Kier alpha value is -4.70. The molecule has 0 aliphatic carbocycles. The quantitative estimate of drug-likeness (QED) is 0.206. The summed E-state index contributed by atoms with van der Waals surface area (Å²) in [4.78, 5) is 26.2. The van der Waals surface area contributed by atoms with E-state index in [1.54, 1.807) is 36.4 Å². The second-order valence-corrected chi connectivity index (χ2v) is 13.6. The predicted octanol–water partition coefficient (Wildman–Crippen LogP) is 5.97. The second-order valence-electron chi connectivity index (χ2n) is 13.6. The van der Waals surface area contributed by atoms with Crippen molar-refractivity contribution >= 4 is 33.4 Å². The summed E-state index contributed by atoms with van der Waals surface area (Å²) >= 11 is 0. The van der Waals surface area contributed by atoms with Crippen LogP contribution >= 0.6 is 0 Å². The highest BCUT2D eigenvalue weighted by Gasteiger charge is 2.51. The van der Waals surface area contributed by atoms with Crippen molar-refractivity contribution in [3.8, 4) is 35.2 Å². The van der Waals surface area contributed by atoms with Gasteiger partial charge in [-0.1, -0.05) is 24.1 Å². The maximum absolute atomic E-state index is 17.0. The molecule has 0 radical (unpaired) electrons. The SMILES string of the molecule is C#Cc1cccc2cc(O)cc(-c3ccc4c(N5C6CCC5CN(C(=O)C(F)(F)F)C6)nc(OC[C@@]56CCCN5C[C@H](F)C6)nc4c3F)c12. The lowest BCUT2D eigenvalue weighted by atomic mass is 9.93. The molecule has 1 amide bonds. The Labute approximate surface area is 278 Å². The van der Waals surface area contributed by atoms with Crippen molar-refractivity contribution < 1.29 is 36.6 Å². The molecule has 4 aliphatic heterocycles. The minimum Gasteiger partial charge on any atom is -0.508 e. The van der Waals surface area contributed by atoms with Gasteiger partial charge in [-0.05, 0) is 67.4 Å². The Balaban J connectivity index is 1.25. The Bertz CT molecular complexity index is 2040. The maximum Gasteiger partial charge on any atom is 0.471 e. The summed E-state index contributed by atoms with van der Waals surface area (Å²) in [5.41, 5.74) is 0.353. The first kappa shape index (κ1) is 31.6. The lowest BCUT2D eigenvalue weighted by molar-refractivity contribution is -0.186. The Morgan fingerprint density at radius 2 is 1.86 bits per heavy atom. The number of halogens is 5. The van der Waals surface area contributed by atoms with Crippen molar-refractivity contribution in [2.24, 2.45) is 0 Å². The van der Waals surface area contributed by atoms with Crippen LogP contribution in [0.4, 0.5) is 27.8 Å². The van der Waals surface area contributed by atoms with Crippen LogP contribution in [0, 0.1) is 18.2 Å². The van der Waals surface area contributed by atoms with Gasteiger partial charge in [0.15, 0.2) is 5.82 Å². The predicted molar refractivity (Wildman–Crippen MR) is 173 cm³/mol. The number of benzene rings is 3. The molecular formula is C36H32F5N5O3. The summed E-state index contributed by atoms with van der Waals surface area (Å²) in [5.74, 6) is 0.221. The Morgan fingerprint density at radius 1 is 1.08 bits per heavy atom. The number of rotatable bonds is 5. The number of phenols is 1. The number of aromatic nitrogens is 2. The molecule has 8 rings (SSSR count). The van der Waals surface area contributed by atoms with Gasteiger partial charge in [0.05, 0.1) is 5.54 Å². The molecule has 49 heavy (non-hydrogen) atoms. The molecule has 4 saturated heterocycles. The number of anilines is 1. The number of carbonyl (C=O) groups excluding carboxylic acids is 1. The molecule has 13 heteroatoms. The van der Waals surface area contributed by atoms with Gasteiger partial charge in [-0.15, -0.1) is 6.42 Å². The van der Waals surface area contributed by atoms with E-state index in [0.717, 1.165) is 24.3 Å². The summed E-state index contributed by atoms with van der Waals surface area (Å²) in [5, 5.41) is 12.1. The zero-order chi connectivity index (χ0) is 34.2. The minimum atomic E-state index is -4.99. The van der Waals surface area contributed by atoms with Crippen molar-refractivity contribution in [3.05, 3.63) is 53.8 Å². The molecule has 2 bridgehead atoms. The third-order valence-corrected chi connectivity index (χ3v) is 10.7. The molecule has 254 valence electrons. The average molecular weight is 678 g/mol. The smallest absolute Gasteiger partial charge is 0.471 e. The normalized spacial score (nSPS) is 25.3. The number of aromatic hydroxyl groups is 1. The van der Waals surface area contributed by atoms with Gasteiger partial charge in [-0.25, -0.2) is 8.78 Å². The van der Waals surface area contributed by atoms with Crippen molar-refractivity contribution in [1.29, 1.82) is 0 Å². The molecule has 4 atom stereocenters. The molecule has 4 aromatic rings. The zero-order valence-electron chi connectivity index (χ0n) is 26.3. The number of nitrogens with zero attached hydrogens (tertiary/aromatic N) is 5. The molecular weight excluding hydrogens is 645 g/mol. The largest absolute Gasteiger partial charge is 0.508 e.